The van der Waals surface area contributed by atoms with E-state index in [4.69, 9.17) is 23.2 Å². The first-order valence-corrected chi connectivity index (χ1v) is 12.7. The van der Waals surface area contributed by atoms with Gasteiger partial charge >= 0.3 is 0 Å². The van der Waals surface area contributed by atoms with Crippen LogP contribution < -0.4 is 5.43 Å². The van der Waals surface area contributed by atoms with Crippen LogP contribution in [0.1, 0.15) is 11.1 Å². The van der Waals surface area contributed by atoms with Crippen LogP contribution in [0.5, 0.6) is 0 Å². The molecule has 0 unspecified atom stereocenters. The van der Waals surface area contributed by atoms with Crippen molar-refractivity contribution in [2.75, 3.05) is 5.75 Å². The van der Waals surface area contributed by atoms with Gasteiger partial charge in [0.1, 0.15) is 5.82 Å². The Hall–Kier alpha value is -3.73. The van der Waals surface area contributed by atoms with E-state index in [0.717, 1.165) is 22.2 Å². The van der Waals surface area contributed by atoms with Gasteiger partial charge in [-0.25, -0.2) is 9.82 Å². The van der Waals surface area contributed by atoms with Gasteiger partial charge in [0.05, 0.1) is 24.2 Å². The average molecular weight is 554 g/mol. The molecule has 1 N–H and O–H groups in total. The number of nitrogens with zero attached hydrogens (tertiary/aromatic N) is 6. The number of tetrazole rings is 1. The number of benzene rings is 3. The third-order valence-corrected chi connectivity index (χ3v) is 6.97. The van der Waals surface area contributed by atoms with E-state index >= 15 is 0 Å². The second-order valence-electron chi connectivity index (χ2n) is 7.86. The van der Waals surface area contributed by atoms with Crippen molar-refractivity contribution in [1.29, 1.82) is 0 Å². The molecule has 0 radical (unpaired) electrons. The molecule has 0 aliphatic heterocycles. The van der Waals surface area contributed by atoms with Crippen molar-refractivity contribution in [1.82, 2.24) is 30.2 Å². The smallest absolute Gasteiger partial charge is 0.250 e. The van der Waals surface area contributed by atoms with E-state index in [9.17, 15) is 9.18 Å². The standard InChI is InChI=1S/C25H18Cl2FN7OS/c26-17-8-10-18(11-9-17)35-25(31-32-33-35)37-15-24(36)30-29-12-16-13-34(23-7-2-1-4-19(16)23)14-20-21(27)5-3-6-22(20)28/h1-13H,14-15H2,(H,30,36)/b29-12-. The van der Waals surface area contributed by atoms with Crippen molar-refractivity contribution in [2.24, 2.45) is 5.10 Å². The van der Waals surface area contributed by atoms with Gasteiger partial charge in [0.25, 0.3) is 5.91 Å². The maximum absolute atomic E-state index is 14.4. The molecule has 0 aliphatic carbocycles. The van der Waals surface area contributed by atoms with E-state index in [-0.39, 0.29) is 24.0 Å². The van der Waals surface area contributed by atoms with Crippen LogP contribution in [-0.4, -0.2) is 42.6 Å². The normalized spacial score (nSPS) is 11.4. The average Bonchev–Trinajstić information content (AvgIpc) is 3.51. The zero-order valence-corrected chi connectivity index (χ0v) is 21.4. The van der Waals surface area contributed by atoms with E-state index < -0.39 is 0 Å². The molecule has 0 atom stereocenters. The van der Waals surface area contributed by atoms with Gasteiger partial charge in [0, 0.05) is 38.3 Å². The van der Waals surface area contributed by atoms with Crippen molar-refractivity contribution >= 4 is 58.0 Å². The van der Waals surface area contributed by atoms with Crippen LogP contribution in [0.3, 0.4) is 0 Å². The summed E-state index contributed by atoms with van der Waals surface area (Å²) in [4.78, 5) is 12.4. The zero-order valence-electron chi connectivity index (χ0n) is 19.1. The maximum Gasteiger partial charge on any atom is 0.250 e. The van der Waals surface area contributed by atoms with Gasteiger partial charge in [0.2, 0.25) is 5.16 Å². The van der Waals surface area contributed by atoms with E-state index in [2.05, 4.69) is 26.1 Å². The number of amides is 1. The lowest BCUT2D eigenvalue weighted by atomic mass is 10.2. The highest BCUT2D eigenvalue weighted by Crippen LogP contribution is 2.25. The van der Waals surface area contributed by atoms with Gasteiger partial charge in [-0.05, 0) is 52.9 Å². The predicted octanol–water partition coefficient (Wildman–Crippen LogP) is 5.35. The Bertz CT molecular complexity index is 1580. The molecule has 0 saturated heterocycles. The van der Waals surface area contributed by atoms with Gasteiger partial charge < -0.3 is 4.57 Å². The Morgan fingerprint density at radius 1 is 1.08 bits per heavy atom. The number of para-hydroxylation sites is 1. The lowest BCUT2D eigenvalue weighted by molar-refractivity contribution is -0.118. The summed E-state index contributed by atoms with van der Waals surface area (Å²) in [5.41, 5.74) is 5.31. The summed E-state index contributed by atoms with van der Waals surface area (Å²) in [5.74, 6) is -0.639. The van der Waals surface area contributed by atoms with Crippen LogP contribution in [0, 0.1) is 5.82 Å². The first-order chi connectivity index (χ1) is 18.0. The summed E-state index contributed by atoms with van der Waals surface area (Å²) >= 11 is 13.3. The monoisotopic (exact) mass is 553 g/mol. The topological polar surface area (TPSA) is 90.0 Å². The summed E-state index contributed by atoms with van der Waals surface area (Å²) in [5, 5.41) is 18.1. The Balaban J connectivity index is 1.26. The molecule has 37 heavy (non-hydrogen) atoms. The van der Waals surface area contributed by atoms with Crippen molar-refractivity contribution in [2.45, 2.75) is 11.7 Å². The SMILES string of the molecule is O=C(CSc1nnnn1-c1ccc(Cl)cc1)N/N=C\c1cn(Cc2c(F)cccc2Cl)c2ccccc12. The van der Waals surface area contributed by atoms with Crippen molar-refractivity contribution < 1.29 is 9.18 Å². The molecule has 5 rings (SSSR count). The van der Waals surface area contributed by atoms with Crippen molar-refractivity contribution in [3.63, 3.8) is 0 Å². The number of hydrazone groups is 1. The number of hydrogen-bond acceptors (Lipinski definition) is 6. The van der Waals surface area contributed by atoms with Gasteiger partial charge in [0.15, 0.2) is 0 Å². The van der Waals surface area contributed by atoms with E-state index in [1.54, 1.807) is 42.6 Å². The number of carbonyl (C=O) groups excluding carboxylic acids is 1. The lowest BCUT2D eigenvalue weighted by Gasteiger charge is -2.08. The number of thioether (sulfide) groups is 1. The molecular formula is C25H18Cl2FN7OS. The van der Waals surface area contributed by atoms with Crippen LogP contribution >= 0.6 is 35.0 Å². The molecule has 2 heterocycles. The largest absolute Gasteiger partial charge is 0.342 e. The molecule has 3 aromatic carbocycles. The van der Waals surface area contributed by atoms with Crippen LogP contribution in [0.2, 0.25) is 10.0 Å². The predicted molar refractivity (Wildman–Crippen MR) is 143 cm³/mol. The number of rotatable bonds is 8. The summed E-state index contributed by atoms with van der Waals surface area (Å²) in [6, 6.07) is 19.3. The number of carbonyl (C=O) groups is 1. The molecule has 8 nitrogen and oxygen atoms in total. The minimum atomic E-state index is -0.368. The van der Waals surface area contributed by atoms with Gasteiger partial charge in [-0.2, -0.15) is 9.78 Å². The van der Waals surface area contributed by atoms with Crippen LogP contribution in [-0.2, 0) is 11.3 Å². The molecule has 5 aromatic rings. The summed E-state index contributed by atoms with van der Waals surface area (Å²) in [6.45, 7) is 0.255. The highest BCUT2D eigenvalue weighted by Gasteiger charge is 2.13. The highest BCUT2D eigenvalue weighted by molar-refractivity contribution is 7.99. The Morgan fingerprint density at radius 3 is 2.70 bits per heavy atom. The van der Waals surface area contributed by atoms with E-state index in [1.165, 1.54) is 22.5 Å². The summed E-state index contributed by atoms with van der Waals surface area (Å²) in [6.07, 6.45) is 3.40. The number of aromatic nitrogens is 5. The minimum Gasteiger partial charge on any atom is -0.342 e. The van der Waals surface area contributed by atoms with Crippen LogP contribution in [0.4, 0.5) is 4.39 Å². The first-order valence-electron chi connectivity index (χ1n) is 11.0. The fourth-order valence-electron chi connectivity index (χ4n) is 3.71. The van der Waals surface area contributed by atoms with Gasteiger partial charge in [-0.1, -0.05) is 59.2 Å². The fourth-order valence-corrected chi connectivity index (χ4v) is 4.74. The van der Waals surface area contributed by atoms with Gasteiger partial charge in [-0.3, -0.25) is 4.79 Å². The molecule has 0 fully saturated rings. The van der Waals surface area contributed by atoms with Crippen LogP contribution in [0.25, 0.3) is 16.6 Å². The lowest BCUT2D eigenvalue weighted by Crippen LogP contribution is -2.20. The molecule has 12 heteroatoms. The first kappa shape index (κ1) is 24.9. The Morgan fingerprint density at radius 2 is 1.89 bits per heavy atom. The van der Waals surface area contributed by atoms with Crippen molar-refractivity contribution in [3.8, 4) is 5.69 Å². The number of halogens is 3. The van der Waals surface area contributed by atoms with E-state index in [1.807, 2.05) is 35.0 Å². The third kappa shape index (κ3) is 5.66. The minimum absolute atomic E-state index is 0.0544. The fraction of sp³-hybridized carbons (Fsp3) is 0.0800. The molecule has 0 saturated carbocycles. The second-order valence-corrected chi connectivity index (χ2v) is 9.65. The van der Waals surface area contributed by atoms with Crippen molar-refractivity contribution in [3.05, 3.63) is 99.9 Å². The molecular weight excluding hydrogens is 536 g/mol. The molecule has 2 aromatic heterocycles. The number of fused-ring (bicyclic) bond motifs is 1. The highest BCUT2D eigenvalue weighted by atomic mass is 35.5. The van der Waals surface area contributed by atoms with Gasteiger partial charge in [-0.15, -0.1) is 5.10 Å². The zero-order chi connectivity index (χ0) is 25.8. The summed E-state index contributed by atoms with van der Waals surface area (Å²) < 4.78 is 17.8. The molecule has 0 bridgehead atoms. The molecule has 0 aliphatic rings. The Labute approximate surface area is 225 Å². The molecule has 0 spiro atoms. The third-order valence-electron chi connectivity index (χ3n) is 5.45. The second kappa shape index (κ2) is 11.1. The summed E-state index contributed by atoms with van der Waals surface area (Å²) in [7, 11) is 0. The quantitative estimate of drug-likeness (QED) is 0.159. The van der Waals surface area contributed by atoms with E-state index in [0.29, 0.717) is 20.8 Å². The maximum atomic E-state index is 14.4. The number of nitrogens with one attached hydrogen (secondary N) is 1. The molecule has 186 valence electrons. The molecule has 1 amide bonds. The Kier molecular flexibility index (Phi) is 7.50. The van der Waals surface area contributed by atoms with Crippen LogP contribution in [0.15, 0.2) is 83.2 Å². The number of hydrogen-bond donors (Lipinski definition) is 1.